The highest BCUT2D eigenvalue weighted by Gasteiger charge is 2.11. The van der Waals surface area contributed by atoms with Crippen molar-refractivity contribution in [3.05, 3.63) is 63.4 Å². The van der Waals surface area contributed by atoms with Crippen molar-refractivity contribution in [2.24, 2.45) is 0 Å². The molecule has 10 heteroatoms. The zero-order valence-electron chi connectivity index (χ0n) is 15.0. The maximum absolute atomic E-state index is 12.0. The Morgan fingerprint density at radius 2 is 1.93 bits per heavy atom. The van der Waals surface area contributed by atoms with Gasteiger partial charge in [0.1, 0.15) is 5.75 Å². The molecular formula is C19H16Cl3N3O3S. The summed E-state index contributed by atoms with van der Waals surface area (Å²) in [5.41, 5.74) is 0.562. The number of carbonyl (C=O) groups is 1. The predicted molar refractivity (Wildman–Crippen MR) is 115 cm³/mol. The third kappa shape index (κ3) is 6.82. The Bertz CT molecular complexity index is 984. The third-order valence-corrected chi connectivity index (χ3v) is 5.29. The van der Waals surface area contributed by atoms with Crippen molar-refractivity contribution in [1.82, 2.24) is 10.2 Å². The summed E-state index contributed by atoms with van der Waals surface area (Å²) in [6.07, 6.45) is 1.21. The topological polar surface area (TPSA) is 77.2 Å². The van der Waals surface area contributed by atoms with Gasteiger partial charge in [-0.3, -0.25) is 4.79 Å². The minimum atomic E-state index is -0.212. The molecule has 0 aliphatic heterocycles. The fourth-order valence-corrected chi connectivity index (χ4v) is 3.50. The minimum Gasteiger partial charge on any atom is -0.492 e. The van der Waals surface area contributed by atoms with E-state index < -0.39 is 0 Å². The fourth-order valence-electron chi connectivity index (χ4n) is 2.27. The van der Waals surface area contributed by atoms with Crippen LogP contribution in [0.2, 0.25) is 15.1 Å². The number of anilines is 1. The number of hydrogen-bond donors (Lipinski definition) is 1. The molecule has 0 fully saturated rings. The molecule has 1 N–H and O–H groups in total. The SMILES string of the molecule is O=C(CSc1nnc(CCCOc2ccc(Cl)cc2Cl)o1)Nc1ccccc1Cl. The second-order valence-corrected chi connectivity index (χ2v) is 7.98. The molecule has 3 rings (SSSR count). The minimum absolute atomic E-state index is 0.130. The molecular weight excluding hydrogens is 457 g/mol. The summed E-state index contributed by atoms with van der Waals surface area (Å²) in [6, 6.07) is 12.1. The Kier molecular flexibility index (Phi) is 8.06. The van der Waals surface area contributed by atoms with E-state index in [-0.39, 0.29) is 11.7 Å². The van der Waals surface area contributed by atoms with Crippen molar-refractivity contribution < 1.29 is 13.9 Å². The van der Waals surface area contributed by atoms with E-state index in [1.165, 1.54) is 0 Å². The fraction of sp³-hybridized carbons (Fsp3) is 0.211. The van der Waals surface area contributed by atoms with Gasteiger partial charge in [0.25, 0.3) is 5.22 Å². The summed E-state index contributed by atoms with van der Waals surface area (Å²) >= 11 is 19.1. The van der Waals surface area contributed by atoms with Gasteiger partial charge in [-0.1, -0.05) is 58.7 Å². The summed E-state index contributed by atoms with van der Waals surface area (Å²) in [5.74, 6) is 0.966. The van der Waals surface area contributed by atoms with Crippen LogP contribution in [0.4, 0.5) is 5.69 Å². The summed E-state index contributed by atoms with van der Waals surface area (Å²) in [7, 11) is 0. The molecule has 0 saturated heterocycles. The molecule has 0 saturated carbocycles. The largest absolute Gasteiger partial charge is 0.492 e. The quantitative estimate of drug-likeness (QED) is 0.314. The second kappa shape index (κ2) is 10.7. The average molecular weight is 473 g/mol. The predicted octanol–water partition coefficient (Wildman–Crippen LogP) is 5.77. The second-order valence-electron chi connectivity index (χ2n) is 5.81. The molecule has 6 nitrogen and oxygen atoms in total. The Morgan fingerprint density at radius 1 is 1.10 bits per heavy atom. The van der Waals surface area contributed by atoms with Gasteiger partial charge in [-0.2, -0.15) is 0 Å². The van der Waals surface area contributed by atoms with Gasteiger partial charge in [-0.15, -0.1) is 10.2 Å². The number of rotatable bonds is 9. The zero-order valence-corrected chi connectivity index (χ0v) is 18.1. The molecule has 152 valence electrons. The number of thioether (sulfide) groups is 1. The number of para-hydroxylation sites is 1. The van der Waals surface area contributed by atoms with Gasteiger partial charge in [0.15, 0.2) is 0 Å². The van der Waals surface area contributed by atoms with Gasteiger partial charge < -0.3 is 14.5 Å². The number of nitrogens with one attached hydrogen (secondary N) is 1. The Morgan fingerprint density at radius 3 is 2.72 bits per heavy atom. The van der Waals surface area contributed by atoms with Crippen LogP contribution in [0, 0.1) is 0 Å². The molecule has 0 radical (unpaired) electrons. The summed E-state index contributed by atoms with van der Waals surface area (Å²) < 4.78 is 11.2. The van der Waals surface area contributed by atoms with E-state index in [0.717, 1.165) is 11.8 Å². The van der Waals surface area contributed by atoms with Crippen LogP contribution in [0.1, 0.15) is 12.3 Å². The van der Waals surface area contributed by atoms with Crippen LogP contribution >= 0.6 is 46.6 Å². The molecule has 0 unspecified atom stereocenters. The Labute approximate surface area is 186 Å². The maximum atomic E-state index is 12.0. The molecule has 1 heterocycles. The van der Waals surface area contributed by atoms with Crippen LogP contribution in [-0.4, -0.2) is 28.5 Å². The number of amides is 1. The molecule has 0 bridgehead atoms. The molecule has 0 spiro atoms. The number of aryl methyl sites for hydroxylation is 1. The summed E-state index contributed by atoms with van der Waals surface area (Å²) in [5, 5.41) is 12.5. The van der Waals surface area contributed by atoms with Crippen LogP contribution in [0.15, 0.2) is 52.1 Å². The van der Waals surface area contributed by atoms with Crippen LogP contribution in [0.25, 0.3) is 0 Å². The van der Waals surface area contributed by atoms with Gasteiger partial charge in [0.05, 0.1) is 28.1 Å². The number of carbonyl (C=O) groups excluding carboxylic acids is 1. The molecule has 0 atom stereocenters. The standard InChI is InChI=1S/C19H16Cl3N3O3S/c20-12-7-8-16(14(22)10-12)27-9-3-6-18-24-25-19(28-18)29-11-17(26)23-15-5-2-1-4-13(15)21/h1-2,4-5,7-8,10H,3,6,9,11H2,(H,23,26). The van der Waals surface area contributed by atoms with Crippen molar-refractivity contribution in [2.45, 2.75) is 18.1 Å². The lowest BCUT2D eigenvalue weighted by molar-refractivity contribution is -0.113. The molecule has 0 aliphatic carbocycles. The lowest BCUT2D eigenvalue weighted by Crippen LogP contribution is -2.14. The van der Waals surface area contributed by atoms with Crippen LogP contribution in [-0.2, 0) is 11.2 Å². The van der Waals surface area contributed by atoms with E-state index in [1.807, 2.05) is 0 Å². The number of hydrogen-bond acceptors (Lipinski definition) is 6. The van der Waals surface area contributed by atoms with Gasteiger partial charge >= 0.3 is 0 Å². The lowest BCUT2D eigenvalue weighted by Gasteiger charge is -2.07. The van der Waals surface area contributed by atoms with Crippen molar-refractivity contribution in [1.29, 1.82) is 0 Å². The highest BCUT2D eigenvalue weighted by Crippen LogP contribution is 2.27. The van der Waals surface area contributed by atoms with Crippen LogP contribution < -0.4 is 10.1 Å². The number of benzene rings is 2. The molecule has 1 amide bonds. The van der Waals surface area contributed by atoms with Gasteiger partial charge in [-0.05, 0) is 36.8 Å². The van der Waals surface area contributed by atoms with Crippen molar-refractivity contribution in [2.75, 3.05) is 17.7 Å². The molecule has 2 aromatic carbocycles. The average Bonchev–Trinajstić information content (AvgIpc) is 3.15. The highest BCUT2D eigenvalue weighted by molar-refractivity contribution is 7.99. The molecule has 29 heavy (non-hydrogen) atoms. The number of nitrogens with zero attached hydrogens (tertiary/aromatic N) is 2. The van der Waals surface area contributed by atoms with Crippen molar-refractivity contribution >= 4 is 58.2 Å². The third-order valence-electron chi connectivity index (χ3n) is 3.61. The first-order valence-corrected chi connectivity index (χ1v) is 10.7. The number of halogens is 3. The summed E-state index contributed by atoms with van der Waals surface area (Å²) in [6.45, 7) is 0.437. The molecule has 0 aliphatic rings. The van der Waals surface area contributed by atoms with Crippen LogP contribution in [0.5, 0.6) is 5.75 Å². The van der Waals surface area contributed by atoms with Crippen molar-refractivity contribution in [3.8, 4) is 5.75 Å². The van der Waals surface area contributed by atoms with E-state index in [9.17, 15) is 4.79 Å². The lowest BCUT2D eigenvalue weighted by atomic mass is 10.3. The smallest absolute Gasteiger partial charge is 0.277 e. The highest BCUT2D eigenvalue weighted by atomic mass is 35.5. The number of aromatic nitrogens is 2. The van der Waals surface area contributed by atoms with E-state index in [4.69, 9.17) is 44.0 Å². The Hall–Kier alpha value is -1.93. The van der Waals surface area contributed by atoms with E-state index in [2.05, 4.69) is 15.5 Å². The monoisotopic (exact) mass is 471 g/mol. The number of ether oxygens (including phenoxy) is 1. The van der Waals surface area contributed by atoms with Crippen molar-refractivity contribution in [3.63, 3.8) is 0 Å². The Balaban J connectivity index is 1.39. The van der Waals surface area contributed by atoms with Gasteiger partial charge in [0.2, 0.25) is 11.8 Å². The maximum Gasteiger partial charge on any atom is 0.277 e. The first-order chi connectivity index (χ1) is 14.0. The van der Waals surface area contributed by atoms with E-state index in [0.29, 0.717) is 57.1 Å². The van der Waals surface area contributed by atoms with Gasteiger partial charge in [0, 0.05) is 11.4 Å². The van der Waals surface area contributed by atoms with E-state index in [1.54, 1.807) is 42.5 Å². The zero-order chi connectivity index (χ0) is 20.6. The first-order valence-electron chi connectivity index (χ1n) is 8.58. The summed E-state index contributed by atoms with van der Waals surface area (Å²) in [4.78, 5) is 12.0. The van der Waals surface area contributed by atoms with Gasteiger partial charge in [-0.25, -0.2) is 0 Å². The van der Waals surface area contributed by atoms with Crippen LogP contribution in [0.3, 0.4) is 0 Å². The first kappa shape index (κ1) is 21.8. The molecule has 3 aromatic rings. The van der Waals surface area contributed by atoms with E-state index >= 15 is 0 Å². The molecule has 1 aromatic heterocycles. The normalized spacial score (nSPS) is 10.7.